The molecule has 0 radical (unpaired) electrons. The molecule has 2 aliphatic rings. The maximum atomic E-state index is 12.7. The Morgan fingerprint density at radius 1 is 0.971 bits per heavy atom. The van der Waals surface area contributed by atoms with Gasteiger partial charge in [-0.2, -0.15) is 5.10 Å². The zero-order valence-electron chi connectivity index (χ0n) is 20.2. The first-order valence-corrected chi connectivity index (χ1v) is 12.0. The van der Waals surface area contributed by atoms with Crippen LogP contribution in [0.3, 0.4) is 0 Å². The number of urea groups is 1. The lowest BCUT2D eigenvalue weighted by molar-refractivity contribution is 0.122. The van der Waals surface area contributed by atoms with E-state index in [1.807, 2.05) is 29.6 Å². The SMILES string of the molecule is Cc1ccc(NC(=O)N2CCCC2)cc1-c1cc(-c2cc(C)n(C)n2)nc(N2CCOCC2)c1. The fourth-order valence-corrected chi connectivity index (χ4v) is 4.58. The van der Waals surface area contributed by atoms with E-state index < -0.39 is 0 Å². The number of rotatable bonds is 4. The fourth-order valence-electron chi connectivity index (χ4n) is 4.58. The van der Waals surface area contributed by atoms with Crippen molar-refractivity contribution >= 4 is 17.5 Å². The summed E-state index contributed by atoms with van der Waals surface area (Å²) in [6.45, 7) is 8.79. The molecular weight excluding hydrogens is 428 g/mol. The second-order valence-electron chi connectivity index (χ2n) is 9.15. The van der Waals surface area contributed by atoms with Crippen LogP contribution in [0.15, 0.2) is 36.4 Å². The number of aryl methyl sites for hydroxylation is 3. The van der Waals surface area contributed by atoms with Gasteiger partial charge in [-0.1, -0.05) is 6.07 Å². The number of benzene rings is 1. The Labute approximate surface area is 200 Å². The van der Waals surface area contributed by atoms with Gasteiger partial charge in [0.2, 0.25) is 0 Å². The average molecular weight is 461 g/mol. The summed E-state index contributed by atoms with van der Waals surface area (Å²) in [5, 5.41) is 7.76. The molecule has 5 rings (SSSR count). The van der Waals surface area contributed by atoms with Crippen molar-refractivity contribution in [3.63, 3.8) is 0 Å². The molecule has 1 N–H and O–H groups in total. The minimum absolute atomic E-state index is 0.0271. The van der Waals surface area contributed by atoms with Gasteiger partial charge in [-0.15, -0.1) is 0 Å². The van der Waals surface area contributed by atoms with Crippen molar-refractivity contribution < 1.29 is 9.53 Å². The van der Waals surface area contributed by atoms with Gasteiger partial charge in [-0.25, -0.2) is 9.78 Å². The second kappa shape index (κ2) is 9.46. The van der Waals surface area contributed by atoms with Crippen LogP contribution in [0.25, 0.3) is 22.5 Å². The van der Waals surface area contributed by atoms with E-state index >= 15 is 0 Å². The first kappa shape index (κ1) is 22.4. The van der Waals surface area contributed by atoms with Gasteiger partial charge in [0, 0.05) is 44.6 Å². The van der Waals surface area contributed by atoms with E-state index in [1.165, 1.54) is 0 Å². The van der Waals surface area contributed by atoms with Crippen molar-refractivity contribution in [2.75, 3.05) is 49.6 Å². The molecule has 0 aliphatic carbocycles. The number of hydrogen-bond acceptors (Lipinski definition) is 5. The van der Waals surface area contributed by atoms with Crippen LogP contribution in [-0.2, 0) is 11.8 Å². The van der Waals surface area contributed by atoms with Crippen LogP contribution in [0, 0.1) is 13.8 Å². The summed E-state index contributed by atoms with van der Waals surface area (Å²) < 4.78 is 7.43. The number of anilines is 2. The number of ether oxygens (including phenoxy) is 1. The Morgan fingerprint density at radius 2 is 1.74 bits per heavy atom. The average Bonchev–Trinajstić information content (AvgIpc) is 3.51. The van der Waals surface area contributed by atoms with Crippen LogP contribution in [0.5, 0.6) is 0 Å². The predicted octanol–water partition coefficient (Wildman–Crippen LogP) is 4.23. The number of amides is 2. The monoisotopic (exact) mass is 460 g/mol. The van der Waals surface area contributed by atoms with Crippen molar-refractivity contribution in [2.45, 2.75) is 26.7 Å². The molecule has 2 saturated heterocycles. The molecule has 2 fully saturated rings. The number of aromatic nitrogens is 3. The van der Waals surface area contributed by atoms with Crippen molar-refractivity contribution in [3.8, 4) is 22.5 Å². The number of morpholine rings is 1. The molecule has 2 amide bonds. The minimum Gasteiger partial charge on any atom is -0.378 e. The van der Waals surface area contributed by atoms with Gasteiger partial charge in [0.25, 0.3) is 0 Å². The summed E-state index contributed by atoms with van der Waals surface area (Å²) in [6.07, 6.45) is 2.15. The Balaban J connectivity index is 1.53. The molecule has 0 spiro atoms. The van der Waals surface area contributed by atoms with E-state index in [2.05, 4.69) is 52.6 Å². The zero-order valence-corrected chi connectivity index (χ0v) is 20.2. The normalized spacial score (nSPS) is 16.2. The molecule has 178 valence electrons. The van der Waals surface area contributed by atoms with E-state index in [4.69, 9.17) is 9.72 Å². The third-order valence-electron chi connectivity index (χ3n) is 6.72. The third kappa shape index (κ3) is 4.63. The summed E-state index contributed by atoms with van der Waals surface area (Å²) in [4.78, 5) is 21.8. The summed E-state index contributed by atoms with van der Waals surface area (Å²) in [5.74, 6) is 0.921. The van der Waals surface area contributed by atoms with Crippen LogP contribution >= 0.6 is 0 Å². The lowest BCUT2D eigenvalue weighted by Gasteiger charge is -2.28. The number of carbonyl (C=O) groups is 1. The lowest BCUT2D eigenvalue weighted by Crippen LogP contribution is -2.36. The van der Waals surface area contributed by atoms with Gasteiger partial charge in [0.15, 0.2) is 0 Å². The Bertz CT molecular complexity index is 1170. The summed E-state index contributed by atoms with van der Waals surface area (Å²) >= 11 is 0. The van der Waals surface area contributed by atoms with Crippen molar-refractivity contribution in [1.29, 1.82) is 0 Å². The van der Waals surface area contributed by atoms with Gasteiger partial charge < -0.3 is 19.9 Å². The van der Waals surface area contributed by atoms with Crippen molar-refractivity contribution in [1.82, 2.24) is 19.7 Å². The van der Waals surface area contributed by atoms with E-state index in [0.717, 1.165) is 84.3 Å². The molecule has 0 atom stereocenters. The van der Waals surface area contributed by atoms with E-state index in [-0.39, 0.29) is 6.03 Å². The van der Waals surface area contributed by atoms with Crippen LogP contribution in [0.1, 0.15) is 24.1 Å². The van der Waals surface area contributed by atoms with E-state index in [9.17, 15) is 4.79 Å². The molecule has 8 heteroatoms. The van der Waals surface area contributed by atoms with Crippen LogP contribution < -0.4 is 10.2 Å². The Hall–Kier alpha value is -3.39. The molecular formula is C26H32N6O2. The Morgan fingerprint density at radius 3 is 2.44 bits per heavy atom. The molecule has 3 aromatic rings. The van der Waals surface area contributed by atoms with E-state index in [0.29, 0.717) is 13.2 Å². The topological polar surface area (TPSA) is 75.5 Å². The molecule has 34 heavy (non-hydrogen) atoms. The molecule has 8 nitrogen and oxygen atoms in total. The van der Waals surface area contributed by atoms with Crippen LogP contribution in [0.2, 0.25) is 0 Å². The first-order chi connectivity index (χ1) is 16.5. The van der Waals surface area contributed by atoms with Gasteiger partial charge in [-0.05, 0) is 73.7 Å². The first-order valence-electron chi connectivity index (χ1n) is 12.0. The number of likely N-dealkylation sites (tertiary alicyclic amines) is 1. The molecule has 0 unspecified atom stereocenters. The van der Waals surface area contributed by atoms with Crippen LogP contribution in [0.4, 0.5) is 16.3 Å². The highest BCUT2D eigenvalue weighted by Crippen LogP contribution is 2.33. The van der Waals surface area contributed by atoms with Gasteiger partial charge >= 0.3 is 6.03 Å². The fraction of sp³-hybridized carbons (Fsp3) is 0.423. The van der Waals surface area contributed by atoms with Gasteiger partial charge in [0.1, 0.15) is 11.5 Å². The van der Waals surface area contributed by atoms with Gasteiger partial charge in [-0.3, -0.25) is 4.68 Å². The number of hydrogen-bond donors (Lipinski definition) is 1. The number of carbonyl (C=O) groups excluding carboxylic acids is 1. The quantitative estimate of drug-likeness (QED) is 0.631. The lowest BCUT2D eigenvalue weighted by atomic mass is 9.99. The number of nitrogens with zero attached hydrogens (tertiary/aromatic N) is 5. The maximum Gasteiger partial charge on any atom is 0.321 e. The number of pyridine rings is 1. The highest BCUT2D eigenvalue weighted by atomic mass is 16.5. The standard InChI is InChI=1S/C26H32N6O2/c1-18-6-7-21(27-26(33)32-8-4-5-9-32)17-22(18)20-15-23(24-14-19(2)30(3)29-24)28-25(16-20)31-10-12-34-13-11-31/h6-7,14-17H,4-5,8-13H2,1-3H3,(H,27,33). The molecule has 2 aliphatic heterocycles. The smallest absolute Gasteiger partial charge is 0.321 e. The maximum absolute atomic E-state index is 12.7. The van der Waals surface area contributed by atoms with Gasteiger partial charge in [0.05, 0.1) is 18.9 Å². The minimum atomic E-state index is -0.0271. The molecule has 0 bridgehead atoms. The molecule has 1 aromatic carbocycles. The Kier molecular flexibility index (Phi) is 6.24. The van der Waals surface area contributed by atoms with Crippen LogP contribution in [-0.4, -0.2) is 65.1 Å². The second-order valence-corrected chi connectivity index (χ2v) is 9.15. The van der Waals surface area contributed by atoms with E-state index in [1.54, 1.807) is 0 Å². The predicted molar refractivity (Wildman–Crippen MR) is 134 cm³/mol. The number of nitrogens with one attached hydrogen (secondary N) is 1. The highest BCUT2D eigenvalue weighted by Gasteiger charge is 2.20. The molecule has 4 heterocycles. The zero-order chi connectivity index (χ0) is 23.7. The van der Waals surface area contributed by atoms with Crippen molar-refractivity contribution in [3.05, 3.63) is 47.7 Å². The highest BCUT2D eigenvalue weighted by molar-refractivity contribution is 5.91. The van der Waals surface area contributed by atoms with Crippen molar-refractivity contribution in [2.24, 2.45) is 7.05 Å². The summed E-state index contributed by atoms with van der Waals surface area (Å²) in [7, 11) is 1.95. The summed E-state index contributed by atoms with van der Waals surface area (Å²) in [6, 6.07) is 12.4. The third-order valence-corrected chi connectivity index (χ3v) is 6.72. The molecule has 0 saturated carbocycles. The summed E-state index contributed by atoms with van der Waals surface area (Å²) in [5.41, 5.74) is 6.85. The largest absolute Gasteiger partial charge is 0.378 e. The molecule has 2 aromatic heterocycles.